The van der Waals surface area contributed by atoms with E-state index in [1.54, 1.807) is 0 Å². The molecular weight excluding hydrogens is 211 g/mol. The van der Waals surface area contributed by atoms with Gasteiger partial charge in [0.15, 0.2) is 0 Å². The summed E-state index contributed by atoms with van der Waals surface area (Å²) < 4.78 is 13.3. The highest BCUT2D eigenvalue weighted by molar-refractivity contribution is 5.80. The van der Waals surface area contributed by atoms with Gasteiger partial charge in [0.05, 0.1) is 5.83 Å². The third kappa shape index (κ3) is 6.19. The van der Waals surface area contributed by atoms with E-state index in [2.05, 4.69) is 11.9 Å². The summed E-state index contributed by atoms with van der Waals surface area (Å²) in [5, 5.41) is 11.6. The lowest BCUT2D eigenvalue weighted by Gasteiger charge is -2.14. The third-order valence-electron chi connectivity index (χ3n) is 1.94. The Kier molecular flexibility index (Phi) is 5.74. The van der Waals surface area contributed by atoms with E-state index in [-0.39, 0.29) is 6.42 Å². The molecule has 0 rings (SSSR count). The molecule has 92 valence electrons. The van der Waals surface area contributed by atoms with E-state index in [1.165, 1.54) is 6.92 Å². The number of halogens is 1. The topological polar surface area (TPSA) is 75.3 Å². The normalized spacial score (nSPS) is 15.4. The first-order valence-electron chi connectivity index (χ1n) is 5.04. The molecule has 0 aromatic carbocycles. The third-order valence-corrected chi connectivity index (χ3v) is 1.94. The molecule has 0 aliphatic rings. The minimum Gasteiger partial charge on any atom is -0.480 e. The number of carboxylic acid groups (broad SMARTS) is 1. The zero-order valence-corrected chi connectivity index (χ0v) is 9.72. The summed E-state index contributed by atoms with van der Waals surface area (Å²) in [6.07, 6.45) is 1.67. The van der Waals surface area contributed by atoms with Crippen molar-refractivity contribution < 1.29 is 14.3 Å². The molecule has 4 N–H and O–H groups in total. The molecule has 0 aromatic heterocycles. The number of rotatable bonds is 7. The van der Waals surface area contributed by atoms with Crippen LogP contribution in [0.5, 0.6) is 0 Å². The Morgan fingerprint density at radius 2 is 2.25 bits per heavy atom. The highest BCUT2D eigenvalue weighted by Gasteiger charge is 2.25. The van der Waals surface area contributed by atoms with Gasteiger partial charge in [-0.1, -0.05) is 6.58 Å². The van der Waals surface area contributed by atoms with Gasteiger partial charge in [0.1, 0.15) is 5.54 Å². The fourth-order valence-corrected chi connectivity index (χ4v) is 1.02. The van der Waals surface area contributed by atoms with Crippen molar-refractivity contribution in [1.82, 2.24) is 5.32 Å². The number of carbonyl (C=O) groups is 1. The molecule has 0 saturated carbocycles. The van der Waals surface area contributed by atoms with Crippen molar-refractivity contribution in [3.05, 3.63) is 24.2 Å². The quantitative estimate of drug-likeness (QED) is 0.580. The molecule has 0 aromatic rings. The second-order valence-electron chi connectivity index (χ2n) is 3.99. The maximum atomic E-state index is 13.3. The van der Waals surface area contributed by atoms with Crippen molar-refractivity contribution in [3.8, 4) is 0 Å². The van der Waals surface area contributed by atoms with Gasteiger partial charge < -0.3 is 16.2 Å². The summed E-state index contributed by atoms with van der Waals surface area (Å²) >= 11 is 0. The van der Waals surface area contributed by atoms with Gasteiger partial charge in [0.25, 0.3) is 0 Å². The van der Waals surface area contributed by atoms with Crippen LogP contribution in [0, 0.1) is 0 Å². The minimum absolute atomic E-state index is 0.167. The van der Waals surface area contributed by atoms with Gasteiger partial charge >= 0.3 is 5.97 Å². The Morgan fingerprint density at radius 3 is 2.69 bits per heavy atom. The first-order valence-corrected chi connectivity index (χ1v) is 5.04. The molecule has 0 amide bonds. The zero-order valence-electron chi connectivity index (χ0n) is 9.72. The summed E-state index contributed by atoms with van der Waals surface area (Å²) in [7, 11) is 0. The van der Waals surface area contributed by atoms with Crippen molar-refractivity contribution >= 4 is 5.97 Å². The van der Waals surface area contributed by atoms with Gasteiger partial charge in [-0.05, 0) is 26.3 Å². The first-order chi connectivity index (χ1) is 7.25. The van der Waals surface area contributed by atoms with E-state index in [9.17, 15) is 9.18 Å². The summed E-state index contributed by atoms with van der Waals surface area (Å²) in [5.41, 5.74) is 4.54. The van der Waals surface area contributed by atoms with Crippen LogP contribution in [-0.2, 0) is 4.79 Å². The first kappa shape index (κ1) is 14.6. The number of nitrogens with two attached hydrogens (primary N) is 1. The fraction of sp³-hybridized carbons (Fsp3) is 0.545. The Morgan fingerprint density at radius 1 is 1.69 bits per heavy atom. The molecule has 5 heteroatoms. The maximum absolute atomic E-state index is 13.3. The van der Waals surface area contributed by atoms with Gasteiger partial charge in [-0.2, -0.15) is 0 Å². The highest BCUT2D eigenvalue weighted by Crippen LogP contribution is 2.12. The number of nitrogens with one attached hydrogen (secondary N) is 1. The number of allylic oxidation sites excluding steroid dienone is 2. The van der Waals surface area contributed by atoms with Crippen LogP contribution in [0.4, 0.5) is 4.39 Å². The average molecular weight is 230 g/mol. The lowest BCUT2D eigenvalue weighted by atomic mass is 10.0. The highest BCUT2D eigenvalue weighted by atomic mass is 19.1. The summed E-state index contributed by atoms with van der Waals surface area (Å²) in [5.74, 6) is -1.75. The molecule has 0 radical (unpaired) electrons. The summed E-state index contributed by atoms with van der Waals surface area (Å²) in [4.78, 5) is 10.6. The van der Waals surface area contributed by atoms with E-state index < -0.39 is 17.3 Å². The Hall–Kier alpha value is -1.36. The molecule has 4 nitrogen and oxygen atoms in total. The van der Waals surface area contributed by atoms with E-state index in [0.717, 1.165) is 11.8 Å². The van der Waals surface area contributed by atoms with Crippen LogP contribution in [-0.4, -0.2) is 23.2 Å². The van der Waals surface area contributed by atoms with Gasteiger partial charge in [0.2, 0.25) is 0 Å². The Balaban J connectivity index is 4.06. The predicted octanol–water partition coefficient (Wildman–Crippen LogP) is 1.55. The van der Waals surface area contributed by atoms with Crippen LogP contribution in [0.2, 0.25) is 0 Å². The van der Waals surface area contributed by atoms with Crippen LogP contribution in [0.15, 0.2) is 24.2 Å². The monoisotopic (exact) mass is 230 g/mol. The van der Waals surface area contributed by atoms with Crippen molar-refractivity contribution in [1.29, 1.82) is 0 Å². The predicted molar refractivity (Wildman–Crippen MR) is 61.5 cm³/mol. The SMILES string of the molecule is C=C(C)NCCC/C(F)=C/[C@@](C)(N)C(=O)O. The van der Waals surface area contributed by atoms with Crippen LogP contribution in [0.3, 0.4) is 0 Å². The lowest BCUT2D eigenvalue weighted by molar-refractivity contribution is -0.140. The average Bonchev–Trinajstić information content (AvgIpc) is 2.11. The van der Waals surface area contributed by atoms with E-state index in [1.807, 2.05) is 6.92 Å². The maximum Gasteiger partial charge on any atom is 0.327 e. The molecule has 0 saturated heterocycles. The lowest BCUT2D eigenvalue weighted by Crippen LogP contribution is -2.42. The van der Waals surface area contributed by atoms with Crippen LogP contribution >= 0.6 is 0 Å². The van der Waals surface area contributed by atoms with E-state index >= 15 is 0 Å². The molecular formula is C11H19FN2O2. The molecule has 0 unspecified atom stereocenters. The Labute approximate surface area is 95.0 Å². The van der Waals surface area contributed by atoms with Gasteiger partial charge in [-0.3, -0.25) is 0 Å². The van der Waals surface area contributed by atoms with Crippen LogP contribution in [0.1, 0.15) is 26.7 Å². The van der Waals surface area contributed by atoms with Crippen molar-refractivity contribution in [2.75, 3.05) is 6.54 Å². The van der Waals surface area contributed by atoms with Crippen molar-refractivity contribution in [3.63, 3.8) is 0 Å². The number of hydrogen-bond donors (Lipinski definition) is 3. The molecule has 0 bridgehead atoms. The second-order valence-corrected chi connectivity index (χ2v) is 3.99. The molecule has 0 heterocycles. The molecule has 0 aliphatic heterocycles. The summed E-state index contributed by atoms with van der Waals surface area (Å²) in [6.45, 7) is 7.30. The fourth-order valence-electron chi connectivity index (χ4n) is 1.02. The number of carboxylic acids is 1. The largest absolute Gasteiger partial charge is 0.480 e. The molecule has 0 spiro atoms. The van der Waals surface area contributed by atoms with Gasteiger partial charge in [-0.15, -0.1) is 0 Å². The van der Waals surface area contributed by atoms with Gasteiger partial charge in [0, 0.05) is 18.7 Å². The van der Waals surface area contributed by atoms with Crippen molar-refractivity contribution in [2.45, 2.75) is 32.2 Å². The molecule has 1 atom stereocenters. The van der Waals surface area contributed by atoms with Gasteiger partial charge in [-0.25, -0.2) is 9.18 Å². The number of aliphatic carboxylic acids is 1. The standard InChI is InChI=1S/C11H19FN2O2/c1-8(2)14-6-4-5-9(12)7-11(3,13)10(15)16/h7,14H,1,4-6,13H2,2-3H3,(H,15,16)/b9-7-/t11-/m1/s1. The smallest absolute Gasteiger partial charge is 0.327 e. The van der Waals surface area contributed by atoms with E-state index in [0.29, 0.717) is 13.0 Å². The molecule has 0 aliphatic carbocycles. The zero-order chi connectivity index (χ0) is 12.8. The molecule has 16 heavy (non-hydrogen) atoms. The van der Waals surface area contributed by atoms with Crippen LogP contribution in [0.25, 0.3) is 0 Å². The molecule has 0 fully saturated rings. The minimum atomic E-state index is -1.65. The van der Waals surface area contributed by atoms with E-state index in [4.69, 9.17) is 10.8 Å². The second kappa shape index (κ2) is 6.27. The van der Waals surface area contributed by atoms with Crippen LogP contribution < -0.4 is 11.1 Å². The number of hydrogen-bond acceptors (Lipinski definition) is 3. The Bertz CT molecular complexity index is 298. The summed E-state index contributed by atoms with van der Waals surface area (Å²) in [6, 6.07) is 0. The van der Waals surface area contributed by atoms with Crippen molar-refractivity contribution in [2.24, 2.45) is 5.73 Å².